The second-order valence-electron chi connectivity index (χ2n) is 6.55. The number of aryl methyl sites for hydroxylation is 1. The van der Waals surface area contributed by atoms with E-state index in [0.29, 0.717) is 25.7 Å². The van der Waals surface area contributed by atoms with Gasteiger partial charge < -0.3 is 15.4 Å². The van der Waals surface area contributed by atoms with Gasteiger partial charge in [-0.05, 0) is 56.4 Å². The highest BCUT2D eigenvalue weighted by molar-refractivity contribution is 5.90. The zero-order chi connectivity index (χ0) is 17.3. The maximum absolute atomic E-state index is 13.5. The van der Waals surface area contributed by atoms with E-state index in [0.717, 1.165) is 22.2 Å². The van der Waals surface area contributed by atoms with Crippen LogP contribution in [0.2, 0.25) is 0 Å². The number of hydrogen-bond donors (Lipinski definition) is 3. The van der Waals surface area contributed by atoms with Crippen molar-refractivity contribution in [3.8, 4) is 0 Å². The summed E-state index contributed by atoms with van der Waals surface area (Å²) in [4.78, 5) is 26.5. The third kappa shape index (κ3) is 3.42. The number of H-pyrrole nitrogens is 1. The molecule has 1 aromatic carbocycles. The van der Waals surface area contributed by atoms with E-state index < -0.39 is 5.97 Å². The topological polar surface area (TPSA) is 82.2 Å². The fraction of sp³-hybridized carbons (Fsp3) is 0.444. The molecule has 1 heterocycles. The molecule has 0 saturated heterocycles. The van der Waals surface area contributed by atoms with Crippen molar-refractivity contribution in [2.45, 2.75) is 45.1 Å². The van der Waals surface area contributed by atoms with Gasteiger partial charge in [0, 0.05) is 22.6 Å². The van der Waals surface area contributed by atoms with Crippen LogP contribution in [0.15, 0.2) is 18.2 Å². The average molecular weight is 332 g/mol. The number of nitrogens with one attached hydrogen (secondary N) is 2. The molecule has 128 valence electrons. The number of amides is 1. The second-order valence-corrected chi connectivity index (χ2v) is 6.55. The number of benzene rings is 1. The Kier molecular flexibility index (Phi) is 4.55. The maximum atomic E-state index is 13.5. The van der Waals surface area contributed by atoms with E-state index in [2.05, 4.69) is 10.3 Å². The van der Waals surface area contributed by atoms with Gasteiger partial charge in [0.25, 0.3) is 0 Å². The molecule has 5 nitrogen and oxygen atoms in total. The lowest BCUT2D eigenvalue weighted by atomic mass is 9.86. The van der Waals surface area contributed by atoms with Gasteiger partial charge in [0.1, 0.15) is 5.82 Å². The highest BCUT2D eigenvalue weighted by Gasteiger charge is 2.27. The Labute approximate surface area is 139 Å². The van der Waals surface area contributed by atoms with E-state index in [4.69, 9.17) is 5.11 Å². The lowest BCUT2D eigenvalue weighted by Crippen LogP contribution is -2.39. The molecule has 0 unspecified atom stereocenters. The molecule has 0 aliphatic heterocycles. The van der Waals surface area contributed by atoms with E-state index in [1.165, 1.54) is 12.1 Å². The number of aromatic amines is 1. The van der Waals surface area contributed by atoms with Crippen molar-refractivity contribution >= 4 is 22.8 Å². The van der Waals surface area contributed by atoms with Crippen LogP contribution in [-0.2, 0) is 16.0 Å². The van der Waals surface area contributed by atoms with Crippen LogP contribution in [0.25, 0.3) is 10.9 Å². The van der Waals surface area contributed by atoms with E-state index in [1.54, 1.807) is 6.07 Å². The lowest BCUT2D eigenvalue weighted by Gasteiger charge is -2.26. The first-order chi connectivity index (χ1) is 11.4. The molecule has 0 atom stereocenters. The smallest absolute Gasteiger partial charge is 0.306 e. The van der Waals surface area contributed by atoms with Gasteiger partial charge in [-0.3, -0.25) is 9.59 Å². The normalized spacial score (nSPS) is 20.9. The highest BCUT2D eigenvalue weighted by Crippen LogP contribution is 2.26. The zero-order valence-electron chi connectivity index (χ0n) is 13.6. The maximum Gasteiger partial charge on any atom is 0.306 e. The van der Waals surface area contributed by atoms with E-state index in [-0.39, 0.29) is 30.1 Å². The predicted molar refractivity (Wildman–Crippen MR) is 88.2 cm³/mol. The van der Waals surface area contributed by atoms with Crippen LogP contribution in [0.1, 0.15) is 36.9 Å². The van der Waals surface area contributed by atoms with Crippen molar-refractivity contribution < 1.29 is 19.1 Å². The first-order valence-electron chi connectivity index (χ1n) is 8.23. The van der Waals surface area contributed by atoms with Crippen molar-refractivity contribution in [3.05, 3.63) is 35.3 Å². The van der Waals surface area contributed by atoms with Gasteiger partial charge in [0.15, 0.2) is 0 Å². The molecule has 1 amide bonds. The summed E-state index contributed by atoms with van der Waals surface area (Å²) in [5.74, 6) is -1.48. The summed E-state index contributed by atoms with van der Waals surface area (Å²) in [5.41, 5.74) is 2.49. The van der Waals surface area contributed by atoms with E-state index in [1.807, 2.05) is 6.92 Å². The van der Waals surface area contributed by atoms with Gasteiger partial charge >= 0.3 is 5.97 Å². The third-order valence-electron chi connectivity index (χ3n) is 4.86. The molecule has 0 radical (unpaired) electrons. The molecule has 0 spiro atoms. The van der Waals surface area contributed by atoms with Gasteiger partial charge in [-0.15, -0.1) is 0 Å². The van der Waals surface area contributed by atoms with Crippen LogP contribution in [0.5, 0.6) is 0 Å². The molecule has 1 aromatic heterocycles. The number of carbonyl (C=O) groups excluding carboxylic acids is 1. The quantitative estimate of drug-likeness (QED) is 0.805. The number of halogens is 1. The predicted octanol–water partition coefficient (Wildman–Crippen LogP) is 2.92. The molecule has 1 aliphatic rings. The third-order valence-corrected chi connectivity index (χ3v) is 4.86. The van der Waals surface area contributed by atoms with Crippen molar-refractivity contribution in [1.29, 1.82) is 0 Å². The number of carboxylic acid groups (broad SMARTS) is 1. The van der Waals surface area contributed by atoms with Gasteiger partial charge in [-0.1, -0.05) is 0 Å². The summed E-state index contributed by atoms with van der Waals surface area (Å²) in [6.07, 6.45) is 2.75. The number of carboxylic acids is 1. The summed E-state index contributed by atoms with van der Waals surface area (Å²) in [6.45, 7) is 1.87. The van der Waals surface area contributed by atoms with Crippen molar-refractivity contribution in [3.63, 3.8) is 0 Å². The molecule has 2 aromatic rings. The molecule has 24 heavy (non-hydrogen) atoms. The lowest BCUT2D eigenvalue weighted by molar-refractivity contribution is -0.142. The van der Waals surface area contributed by atoms with Crippen molar-refractivity contribution in [1.82, 2.24) is 10.3 Å². The standard InChI is InChI=1S/C18H21FN2O3/c1-10-14(15-8-12(19)4-7-16(15)20-10)9-17(22)21-13-5-2-11(3-6-13)18(23)24/h4,7-8,11,13,20H,2-3,5-6,9H2,1H3,(H,21,22)(H,23,24). The fourth-order valence-electron chi connectivity index (χ4n) is 3.51. The van der Waals surface area contributed by atoms with Gasteiger partial charge in [-0.2, -0.15) is 0 Å². The van der Waals surface area contributed by atoms with Crippen LogP contribution in [0.4, 0.5) is 4.39 Å². The number of rotatable bonds is 4. The summed E-state index contributed by atoms with van der Waals surface area (Å²) < 4.78 is 13.5. The largest absolute Gasteiger partial charge is 0.481 e. The van der Waals surface area contributed by atoms with Crippen LogP contribution in [0.3, 0.4) is 0 Å². The number of hydrogen-bond acceptors (Lipinski definition) is 2. The van der Waals surface area contributed by atoms with Crippen molar-refractivity contribution in [2.75, 3.05) is 0 Å². The SMILES string of the molecule is Cc1[nH]c2ccc(F)cc2c1CC(=O)NC1CCC(C(=O)O)CC1. The van der Waals surface area contributed by atoms with Crippen LogP contribution >= 0.6 is 0 Å². The zero-order valence-corrected chi connectivity index (χ0v) is 13.6. The molecule has 3 rings (SSSR count). The van der Waals surface area contributed by atoms with Crippen molar-refractivity contribution in [2.24, 2.45) is 5.92 Å². The Morgan fingerprint density at radius 1 is 1.29 bits per heavy atom. The minimum absolute atomic E-state index is 0.0235. The molecule has 1 saturated carbocycles. The van der Waals surface area contributed by atoms with Crippen LogP contribution in [-0.4, -0.2) is 28.0 Å². The average Bonchev–Trinajstić information content (AvgIpc) is 2.83. The van der Waals surface area contributed by atoms with Crippen LogP contribution < -0.4 is 5.32 Å². The summed E-state index contributed by atoms with van der Waals surface area (Å²) in [7, 11) is 0. The van der Waals surface area contributed by atoms with Gasteiger partial charge in [0.2, 0.25) is 5.91 Å². The molecule has 0 bridgehead atoms. The monoisotopic (exact) mass is 332 g/mol. The molecule has 3 N–H and O–H groups in total. The number of aromatic nitrogens is 1. The summed E-state index contributed by atoms with van der Waals surface area (Å²) >= 11 is 0. The Balaban J connectivity index is 1.65. The van der Waals surface area contributed by atoms with E-state index >= 15 is 0 Å². The second kappa shape index (κ2) is 6.63. The highest BCUT2D eigenvalue weighted by atomic mass is 19.1. The van der Waals surface area contributed by atoms with E-state index in [9.17, 15) is 14.0 Å². The minimum atomic E-state index is -0.753. The first kappa shape index (κ1) is 16.5. The number of carbonyl (C=O) groups is 2. The molecular formula is C18H21FN2O3. The Morgan fingerprint density at radius 3 is 2.67 bits per heavy atom. The Hall–Kier alpha value is -2.37. The molecular weight excluding hydrogens is 311 g/mol. The molecule has 6 heteroatoms. The Bertz CT molecular complexity index is 776. The first-order valence-corrected chi connectivity index (χ1v) is 8.23. The summed E-state index contributed by atoms with van der Waals surface area (Å²) in [5, 5.41) is 12.7. The Morgan fingerprint density at radius 2 is 2.00 bits per heavy atom. The number of fused-ring (bicyclic) bond motifs is 1. The van der Waals surface area contributed by atoms with Gasteiger partial charge in [-0.25, -0.2) is 4.39 Å². The number of aliphatic carboxylic acids is 1. The minimum Gasteiger partial charge on any atom is -0.481 e. The molecule has 1 fully saturated rings. The summed E-state index contributed by atoms with van der Waals surface area (Å²) in [6, 6.07) is 4.53. The van der Waals surface area contributed by atoms with Gasteiger partial charge in [0.05, 0.1) is 12.3 Å². The molecule has 1 aliphatic carbocycles. The van der Waals surface area contributed by atoms with Crippen LogP contribution in [0, 0.1) is 18.7 Å². The fourth-order valence-corrected chi connectivity index (χ4v) is 3.51.